The zero-order valence-electron chi connectivity index (χ0n) is 15.0. The van der Waals surface area contributed by atoms with Crippen molar-refractivity contribution < 1.29 is 14.3 Å². The van der Waals surface area contributed by atoms with E-state index in [2.05, 4.69) is 20.4 Å². The first kappa shape index (κ1) is 17.5. The van der Waals surface area contributed by atoms with Gasteiger partial charge in [-0.25, -0.2) is 4.98 Å². The lowest BCUT2D eigenvalue weighted by atomic mass is 10.1. The Kier molecular flexibility index (Phi) is 4.61. The third kappa shape index (κ3) is 3.37. The van der Waals surface area contributed by atoms with E-state index in [9.17, 15) is 4.79 Å². The molecule has 1 aromatic carbocycles. The molecule has 2 heterocycles. The molecule has 9 nitrogen and oxygen atoms in total. The zero-order valence-corrected chi connectivity index (χ0v) is 15.0. The minimum Gasteiger partial charge on any atom is -0.497 e. The fraction of sp³-hybridized carbons (Fsp3) is 0.294. The SMILES string of the molecule is COc1cc(NC(=O)Cc2c(C)nc3nc(N)nn3c2C)cc(OC)c1. The van der Waals surface area contributed by atoms with Crippen molar-refractivity contribution in [2.75, 3.05) is 25.3 Å². The molecule has 2 aromatic heterocycles. The second-order valence-corrected chi connectivity index (χ2v) is 5.77. The van der Waals surface area contributed by atoms with E-state index in [4.69, 9.17) is 15.2 Å². The van der Waals surface area contributed by atoms with Crippen LogP contribution in [0.4, 0.5) is 11.6 Å². The molecule has 0 aliphatic rings. The maximum absolute atomic E-state index is 12.5. The average molecular weight is 356 g/mol. The predicted molar refractivity (Wildman–Crippen MR) is 96.5 cm³/mol. The van der Waals surface area contributed by atoms with Crippen LogP contribution in [-0.2, 0) is 11.2 Å². The molecule has 0 aliphatic carbocycles. The monoisotopic (exact) mass is 356 g/mol. The highest BCUT2D eigenvalue weighted by Crippen LogP contribution is 2.26. The molecular weight excluding hydrogens is 336 g/mol. The number of anilines is 2. The molecule has 9 heteroatoms. The van der Waals surface area contributed by atoms with Crippen molar-refractivity contribution >= 4 is 23.3 Å². The number of nitrogens with two attached hydrogens (primary N) is 1. The fourth-order valence-corrected chi connectivity index (χ4v) is 2.73. The van der Waals surface area contributed by atoms with Crippen LogP contribution in [0.25, 0.3) is 5.78 Å². The summed E-state index contributed by atoms with van der Waals surface area (Å²) in [7, 11) is 3.11. The molecule has 0 saturated carbocycles. The van der Waals surface area contributed by atoms with Crippen LogP contribution in [0.15, 0.2) is 18.2 Å². The molecule has 0 radical (unpaired) electrons. The van der Waals surface area contributed by atoms with Gasteiger partial charge in [0.25, 0.3) is 5.78 Å². The highest BCUT2D eigenvalue weighted by Gasteiger charge is 2.16. The highest BCUT2D eigenvalue weighted by molar-refractivity contribution is 5.93. The van der Waals surface area contributed by atoms with Crippen molar-refractivity contribution in [3.8, 4) is 11.5 Å². The fourth-order valence-electron chi connectivity index (χ4n) is 2.73. The maximum Gasteiger partial charge on any atom is 0.254 e. The van der Waals surface area contributed by atoms with Crippen LogP contribution in [0.1, 0.15) is 17.0 Å². The summed E-state index contributed by atoms with van der Waals surface area (Å²) in [5.74, 6) is 1.55. The summed E-state index contributed by atoms with van der Waals surface area (Å²) in [5.41, 5.74) is 8.47. The van der Waals surface area contributed by atoms with Gasteiger partial charge in [0.2, 0.25) is 11.9 Å². The molecule has 0 unspecified atom stereocenters. The van der Waals surface area contributed by atoms with E-state index in [1.165, 1.54) is 0 Å². The van der Waals surface area contributed by atoms with E-state index in [1.807, 2.05) is 13.8 Å². The van der Waals surface area contributed by atoms with Crippen LogP contribution < -0.4 is 20.5 Å². The molecule has 0 aliphatic heterocycles. The second-order valence-electron chi connectivity index (χ2n) is 5.77. The highest BCUT2D eigenvalue weighted by atomic mass is 16.5. The minimum absolute atomic E-state index is 0.139. The van der Waals surface area contributed by atoms with Gasteiger partial charge in [0, 0.05) is 40.8 Å². The maximum atomic E-state index is 12.5. The minimum atomic E-state index is -0.194. The van der Waals surface area contributed by atoms with Gasteiger partial charge in [-0.1, -0.05) is 0 Å². The Labute approximate surface area is 150 Å². The molecule has 0 fully saturated rings. The largest absolute Gasteiger partial charge is 0.497 e. The van der Waals surface area contributed by atoms with E-state index in [-0.39, 0.29) is 18.3 Å². The molecule has 3 rings (SSSR count). The Hall–Kier alpha value is -3.36. The summed E-state index contributed by atoms with van der Waals surface area (Å²) in [6.45, 7) is 3.68. The number of aromatic nitrogens is 4. The normalized spacial score (nSPS) is 10.8. The van der Waals surface area contributed by atoms with Crippen LogP contribution in [0.2, 0.25) is 0 Å². The van der Waals surface area contributed by atoms with Gasteiger partial charge in [0.05, 0.1) is 20.6 Å². The zero-order chi connectivity index (χ0) is 18.8. The smallest absolute Gasteiger partial charge is 0.254 e. The van der Waals surface area contributed by atoms with E-state index < -0.39 is 0 Å². The van der Waals surface area contributed by atoms with Gasteiger partial charge in [-0.2, -0.15) is 9.50 Å². The van der Waals surface area contributed by atoms with Gasteiger partial charge in [-0.3, -0.25) is 4.79 Å². The van der Waals surface area contributed by atoms with Gasteiger partial charge in [-0.15, -0.1) is 5.10 Å². The van der Waals surface area contributed by atoms with Gasteiger partial charge >= 0.3 is 0 Å². The number of aryl methyl sites for hydroxylation is 2. The lowest BCUT2D eigenvalue weighted by Crippen LogP contribution is -2.18. The topological polar surface area (TPSA) is 117 Å². The lowest BCUT2D eigenvalue weighted by Gasteiger charge is -2.12. The number of benzene rings is 1. The van der Waals surface area contributed by atoms with E-state index in [0.29, 0.717) is 28.7 Å². The first-order valence-electron chi connectivity index (χ1n) is 7.92. The van der Waals surface area contributed by atoms with Gasteiger partial charge in [0.15, 0.2) is 0 Å². The number of methoxy groups -OCH3 is 2. The van der Waals surface area contributed by atoms with Crippen molar-refractivity contribution in [2.45, 2.75) is 20.3 Å². The van der Waals surface area contributed by atoms with Crippen molar-refractivity contribution in [1.82, 2.24) is 19.6 Å². The molecule has 0 atom stereocenters. The first-order chi connectivity index (χ1) is 12.4. The van der Waals surface area contributed by atoms with Crippen LogP contribution >= 0.6 is 0 Å². The predicted octanol–water partition coefficient (Wildman–Crippen LogP) is 1.52. The van der Waals surface area contributed by atoms with Crippen molar-refractivity contribution in [1.29, 1.82) is 0 Å². The van der Waals surface area contributed by atoms with E-state index in [0.717, 1.165) is 11.3 Å². The molecule has 136 valence electrons. The number of carbonyl (C=O) groups is 1. The molecule has 3 aromatic rings. The Morgan fingerprint density at radius 1 is 1.15 bits per heavy atom. The van der Waals surface area contributed by atoms with Gasteiger partial charge in [0.1, 0.15) is 11.5 Å². The van der Waals surface area contributed by atoms with E-state index >= 15 is 0 Å². The van der Waals surface area contributed by atoms with Crippen LogP contribution in [0, 0.1) is 13.8 Å². The third-order valence-electron chi connectivity index (χ3n) is 4.04. The number of rotatable bonds is 5. The van der Waals surface area contributed by atoms with Gasteiger partial charge in [-0.05, 0) is 13.8 Å². The Bertz CT molecular complexity index is 960. The Morgan fingerprint density at radius 3 is 2.42 bits per heavy atom. The van der Waals surface area contributed by atoms with Crippen LogP contribution in [-0.4, -0.2) is 39.7 Å². The van der Waals surface area contributed by atoms with Crippen LogP contribution in [0.3, 0.4) is 0 Å². The lowest BCUT2D eigenvalue weighted by molar-refractivity contribution is -0.115. The number of carbonyl (C=O) groups excluding carboxylic acids is 1. The standard InChI is InChI=1S/C17H20N6O3/c1-9-14(10(2)23-17(19-9)21-16(18)22-23)8-15(24)20-11-5-12(25-3)7-13(6-11)26-4/h5-7H,8H2,1-4H3,(H2,18,22)(H,20,24). The van der Waals surface area contributed by atoms with Crippen molar-refractivity contribution in [2.24, 2.45) is 0 Å². The van der Waals surface area contributed by atoms with E-state index in [1.54, 1.807) is 36.9 Å². The Morgan fingerprint density at radius 2 is 1.81 bits per heavy atom. The number of hydrogen-bond acceptors (Lipinski definition) is 7. The summed E-state index contributed by atoms with van der Waals surface area (Å²) in [6.07, 6.45) is 0.139. The van der Waals surface area contributed by atoms with Gasteiger partial charge < -0.3 is 20.5 Å². The quantitative estimate of drug-likeness (QED) is 0.712. The molecule has 1 amide bonds. The number of nitrogens with zero attached hydrogens (tertiary/aromatic N) is 4. The summed E-state index contributed by atoms with van der Waals surface area (Å²) in [4.78, 5) is 20.9. The number of amides is 1. The number of hydrogen-bond donors (Lipinski definition) is 2. The number of ether oxygens (including phenoxy) is 2. The molecular formula is C17H20N6O3. The van der Waals surface area contributed by atoms with Crippen LogP contribution in [0.5, 0.6) is 11.5 Å². The number of nitrogens with one attached hydrogen (secondary N) is 1. The molecule has 0 saturated heterocycles. The summed E-state index contributed by atoms with van der Waals surface area (Å²) < 4.78 is 12.0. The van der Waals surface area contributed by atoms with Crippen molar-refractivity contribution in [3.63, 3.8) is 0 Å². The number of fused-ring (bicyclic) bond motifs is 1. The molecule has 0 bridgehead atoms. The summed E-state index contributed by atoms with van der Waals surface area (Å²) in [6, 6.07) is 5.18. The Balaban J connectivity index is 1.85. The number of nitrogen functional groups attached to an aromatic ring is 1. The molecule has 26 heavy (non-hydrogen) atoms. The first-order valence-corrected chi connectivity index (χ1v) is 7.92. The third-order valence-corrected chi connectivity index (χ3v) is 4.04. The molecule has 3 N–H and O–H groups in total. The molecule has 0 spiro atoms. The summed E-state index contributed by atoms with van der Waals surface area (Å²) in [5, 5.41) is 6.96. The second kappa shape index (κ2) is 6.87. The van der Waals surface area contributed by atoms with Crippen molar-refractivity contribution in [3.05, 3.63) is 35.2 Å². The summed E-state index contributed by atoms with van der Waals surface area (Å²) >= 11 is 0. The average Bonchev–Trinajstić information content (AvgIpc) is 2.98.